The van der Waals surface area contributed by atoms with E-state index in [9.17, 15) is 0 Å². The van der Waals surface area contributed by atoms with Crippen LogP contribution in [0.3, 0.4) is 0 Å². The van der Waals surface area contributed by atoms with Crippen LogP contribution in [0.1, 0.15) is 46.6 Å². The van der Waals surface area contributed by atoms with Crippen molar-refractivity contribution in [2.45, 2.75) is 46.0 Å². The number of hydrogen-bond acceptors (Lipinski definition) is 3. The van der Waals surface area contributed by atoms with Gasteiger partial charge in [-0.3, -0.25) is 0 Å². The van der Waals surface area contributed by atoms with Crippen LogP contribution in [0.25, 0.3) is 0 Å². The molecule has 3 nitrogen and oxygen atoms in total. The van der Waals surface area contributed by atoms with Gasteiger partial charge in [0.05, 0.1) is 0 Å². The third-order valence-electron chi connectivity index (χ3n) is 4.40. The highest BCUT2D eigenvalue weighted by molar-refractivity contribution is 5.47. The molecule has 3 heteroatoms. The summed E-state index contributed by atoms with van der Waals surface area (Å²) in [6, 6.07) is 6.61. The van der Waals surface area contributed by atoms with Gasteiger partial charge < -0.3 is 5.32 Å². The fourth-order valence-corrected chi connectivity index (χ4v) is 3.03. The second-order valence-electron chi connectivity index (χ2n) is 5.97. The van der Waals surface area contributed by atoms with E-state index in [2.05, 4.69) is 37.4 Å². The summed E-state index contributed by atoms with van der Waals surface area (Å²) in [5.41, 5.74) is 6.53. The Bertz CT molecular complexity index is 645. The minimum absolute atomic E-state index is 0.809. The van der Waals surface area contributed by atoms with Crippen LogP contribution in [0, 0.1) is 13.8 Å². The molecule has 0 atom stereocenters. The Labute approximate surface area is 126 Å². The monoisotopic (exact) mass is 281 g/mol. The van der Waals surface area contributed by atoms with Gasteiger partial charge in [-0.2, -0.15) is 0 Å². The summed E-state index contributed by atoms with van der Waals surface area (Å²) in [4.78, 5) is 9.55. The summed E-state index contributed by atoms with van der Waals surface area (Å²) in [5, 5.41) is 3.25. The lowest BCUT2D eigenvalue weighted by Gasteiger charge is -2.19. The van der Waals surface area contributed by atoms with Crippen LogP contribution in [0.4, 0.5) is 5.82 Å². The molecule has 1 aliphatic rings. The number of fused-ring (bicyclic) bond motifs is 1. The lowest BCUT2D eigenvalue weighted by atomic mass is 9.96. The van der Waals surface area contributed by atoms with E-state index in [1.54, 1.807) is 0 Å². The van der Waals surface area contributed by atoms with Crippen molar-refractivity contribution < 1.29 is 0 Å². The highest BCUT2D eigenvalue weighted by Crippen LogP contribution is 2.25. The number of rotatable bonds is 3. The number of nitrogens with zero attached hydrogens (tertiary/aromatic N) is 2. The molecule has 0 saturated heterocycles. The molecule has 1 aromatic heterocycles. The third kappa shape index (κ3) is 2.92. The van der Waals surface area contributed by atoms with Gasteiger partial charge >= 0.3 is 0 Å². The van der Waals surface area contributed by atoms with Gasteiger partial charge in [-0.15, -0.1) is 0 Å². The molecule has 2 aromatic rings. The molecule has 1 aromatic carbocycles. The highest BCUT2D eigenvalue weighted by atomic mass is 15.0. The fourth-order valence-electron chi connectivity index (χ4n) is 3.03. The van der Waals surface area contributed by atoms with Gasteiger partial charge in [-0.1, -0.05) is 18.2 Å². The number of aromatic nitrogens is 2. The van der Waals surface area contributed by atoms with Crippen molar-refractivity contribution in [3.8, 4) is 0 Å². The van der Waals surface area contributed by atoms with E-state index >= 15 is 0 Å². The molecule has 0 amide bonds. The molecule has 1 N–H and O–H groups in total. The molecule has 0 radical (unpaired) electrons. The maximum Gasteiger partial charge on any atom is 0.135 e. The smallest absolute Gasteiger partial charge is 0.135 e. The quantitative estimate of drug-likeness (QED) is 0.934. The van der Waals surface area contributed by atoms with E-state index in [-0.39, 0.29) is 0 Å². The SMILES string of the molecule is CNc1nc(Cc2ccc(C)c(C)c2)nc2c1CCCC2. The maximum atomic E-state index is 4.82. The van der Waals surface area contributed by atoms with E-state index in [1.807, 2.05) is 7.05 Å². The van der Waals surface area contributed by atoms with Gasteiger partial charge in [0, 0.05) is 24.7 Å². The van der Waals surface area contributed by atoms with E-state index in [0.717, 1.165) is 30.9 Å². The van der Waals surface area contributed by atoms with Crippen LogP contribution in [-0.4, -0.2) is 17.0 Å². The van der Waals surface area contributed by atoms with Crippen molar-refractivity contribution in [3.63, 3.8) is 0 Å². The van der Waals surface area contributed by atoms with Crippen molar-refractivity contribution in [1.29, 1.82) is 0 Å². The average Bonchev–Trinajstić information content (AvgIpc) is 2.50. The predicted molar refractivity (Wildman–Crippen MR) is 86.9 cm³/mol. The Morgan fingerprint density at radius 3 is 2.62 bits per heavy atom. The van der Waals surface area contributed by atoms with E-state index in [4.69, 9.17) is 9.97 Å². The second kappa shape index (κ2) is 5.84. The van der Waals surface area contributed by atoms with Gasteiger partial charge in [-0.25, -0.2) is 9.97 Å². The summed E-state index contributed by atoms with van der Waals surface area (Å²) < 4.78 is 0. The summed E-state index contributed by atoms with van der Waals surface area (Å²) in [7, 11) is 1.96. The standard InChI is InChI=1S/C18H23N3/c1-12-8-9-14(10-13(12)2)11-17-20-16-7-5-4-6-15(16)18(19-3)21-17/h8-10H,4-7,11H2,1-3H3,(H,19,20,21). The number of hydrogen-bond donors (Lipinski definition) is 1. The summed E-state index contributed by atoms with van der Waals surface area (Å²) >= 11 is 0. The van der Waals surface area contributed by atoms with Crippen LogP contribution < -0.4 is 5.32 Å². The molecule has 0 bridgehead atoms. The van der Waals surface area contributed by atoms with Gasteiger partial charge in [0.25, 0.3) is 0 Å². The minimum atomic E-state index is 0.809. The van der Waals surface area contributed by atoms with Crippen molar-refractivity contribution in [3.05, 3.63) is 52.0 Å². The number of nitrogens with one attached hydrogen (secondary N) is 1. The first-order valence-corrected chi connectivity index (χ1v) is 7.80. The highest BCUT2D eigenvalue weighted by Gasteiger charge is 2.17. The molecule has 21 heavy (non-hydrogen) atoms. The van der Waals surface area contributed by atoms with Crippen LogP contribution in [-0.2, 0) is 19.3 Å². The lowest BCUT2D eigenvalue weighted by Crippen LogP contribution is -2.13. The molecule has 3 rings (SSSR count). The third-order valence-corrected chi connectivity index (χ3v) is 4.40. The molecule has 0 unspecified atom stereocenters. The zero-order chi connectivity index (χ0) is 14.8. The number of aryl methyl sites for hydroxylation is 3. The first-order valence-electron chi connectivity index (χ1n) is 7.80. The molecule has 0 fully saturated rings. The average molecular weight is 281 g/mol. The van der Waals surface area contributed by atoms with Crippen molar-refractivity contribution in [2.24, 2.45) is 0 Å². The number of anilines is 1. The molecular formula is C18H23N3. The lowest BCUT2D eigenvalue weighted by molar-refractivity contribution is 0.657. The first-order chi connectivity index (χ1) is 10.2. The predicted octanol–water partition coefficient (Wildman–Crippen LogP) is 3.60. The summed E-state index contributed by atoms with van der Waals surface area (Å²) in [6.45, 7) is 4.30. The Morgan fingerprint density at radius 1 is 1.05 bits per heavy atom. The van der Waals surface area contributed by atoms with Gasteiger partial charge in [0.2, 0.25) is 0 Å². The Morgan fingerprint density at radius 2 is 1.86 bits per heavy atom. The van der Waals surface area contributed by atoms with Gasteiger partial charge in [0.1, 0.15) is 11.6 Å². The largest absolute Gasteiger partial charge is 0.373 e. The molecular weight excluding hydrogens is 258 g/mol. The van der Waals surface area contributed by atoms with Gasteiger partial charge in [-0.05, 0) is 56.2 Å². The van der Waals surface area contributed by atoms with Crippen LogP contribution >= 0.6 is 0 Å². The Hall–Kier alpha value is -1.90. The first kappa shape index (κ1) is 14.1. The molecule has 0 spiro atoms. The minimum Gasteiger partial charge on any atom is -0.373 e. The Kier molecular flexibility index (Phi) is 3.91. The van der Waals surface area contributed by atoms with Crippen molar-refractivity contribution in [2.75, 3.05) is 12.4 Å². The van der Waals surface area contributed by atoms with Crippen LogP contribution in [0.5, 0.6) is 0 Å². The fraction of sp³-hybridized carbons (Fsp3) is 0.444. The zero-order valence-electron chi connectivity index (χ0n) is 13.2. The van der Waals surface area contributed by atoms with Crippen LogP contribution in [0.15, 0.2) is 18.2 Å². The molecule has 1 aliphatic carbocycles. The van der Waals surface area contributed by atoms with Crippen LogP contribution in [0.2, 0.25) is 0 Å². The normalized spacial score (nSPS) is 13.9. The van der Waals surface area contributed by atoms with Crippen molar-refractivity contribution in [1.82, 2.24) is 9.97 Å². The molecule has 0 aliphatic heterocycles. The molecule has 1 heterocycles. The molecule has 0 saturated carbocycles. The van der Waals surface area contributed by atoms with E-state index < -0.39 is 0 Å². The number of benzene rings is 1. The van der Waals surface area contributed by atoms with E-state index in [1.165, 1.54) is 40.8 Å². The van der Waals surface area contributed by atoms with E-state index in [0.29, 0.717) is 0 Å². The zero-order valence-corrected chi connectivity index (χ0v) is 13.2. The topological polar surface area (TPSA) is 37.8 Å². The Balaban J connectivity index is 1.93. The summed E-state index contributed by atoms with van der Waals surface area (Å²) in [5.74, 6) is 1.96. The molecule has 110 valence electrons. The van der Waals surface area contributed by atoms with Crippen molar-refractivity contribution >= 4 is 5.82 Å². The summed E-state index contributed by atoms with van der Waals surface area (Å²) in [6.07, 6.45) is 5.50. The van der Waals surface area contributed by atoms with Gasteiger partial charge in [0.15, 0.2) is 0 Å². The maximum absolute atomic E-state index is 4.82. The second-order valence-corrected chi connectivity index (χ2v) is 5.97.